The molecule has 1 saturated heterocycles. The van der Waals surface area contributed by atoms with E-state index in [-0.39, 0.29) is 5.60 Å². The molecule has 1 rings (SSSR count). The van der Waals surface area contributed by atoms with Crippen LogP contribution in [0.4, 0.5) is 0 Å². The van der Waals surface area contributed by atoms with Gasteiger partial charge >= 0.3 is 0 Å². The summed E-state index contributed by atoms with van der Waals surface area (Å²) in [6.07, 6.45) is 0. The van der Waals surface area contributed by atoms with Crippen molar-refractivity contribution in [2.45, 2.75) is 26.4 Å². The Morgan fingerprint density at radius 2 is 1.85 bits per heavy atom. The minimum atomic E-state index is 0.00797. The van der Waals surface area contributed by atoms with Crippen molar-refractivity contribution in [3.05, 3.63) is 0 Å². The Hall–Kier alpha value is -0.120. The normalized spacial score (nSPS) is 20.5. The number of piperazine rings is 1. The van der Waals surface area contributed by atoms with Gasteiger partial charge in [-0.25, -0.2) is 0 Å². The smallest absolute Gasteiger partial charge is 0.0600 e. The molecule has 0 saturated carbocycles. The maximum Gasteiger partial charge on any atom is 0.0600 e. The Labute approximate surface area is 81.4 Å². The van der Waals surface area contributed by atoms with E-state index < -0.39 is 0 Å². The number of hydrogen-bond donors (Lipinski definition) is 1. The van der Waals surface area contributed by atoms with E-state index in [9.17, 15) is 0 Å². The van der Waals surface area contributed by atoms with Crippen molar-refractivity contribution in [2.24, 2.45) is 0 Å². The number of rotatable bonds is 3. The first-order chi connectivity index (χ1) is 6.08. The minimum absolute atomic E-state index is 0.00797. The quantitative estimate of drug-likeness (QED) is 0.702. The molecule has 1 aliphatic heterocycles. The molecular formula is C10H22N2O. The van der Waals surface area contributed by atoms with Crippen LogP contribution in [0.1, 0.15) is 20.8 Å². The molecule has 3 nitrogen and oxygen atoms in total. The zero-order valence-electron chi connectivity index (χ0n) is 9.10. The summed E-state index contributed by atoms with van der Waals surface area (Å²) in [5, 5.41) is 3.34. The lowest BCUT2D eigenvalue weighted by Gasteiger charge is -2.28. The number of nitrogens with one attached hydrogen (secondary N) is 1. The Kier molecular flexibility index (Phi) is 4.16. The van der Waals surface area contributed by atoms with E-state index in [0.29, 0.717) is 0 Å². The molecule has 0 aromatic rings. The van der Waals surface area contributed by atoms with Crippen molar-refractivity contribution >= 4 is 0 Å². The van der Waals surface area contributed by atoms with Crippen LogP contribution in [-0.2, 0) is 4.74 Å². The second kappa shape index (κ2) is 4.94. The Balaban J connectivity index is 2.04. The van der Waals surface area contributed by atoms with Crippen molar-refractivity contribution in [1.82, 2.24) is 10.2 Å². The van der Waals surface area contributed by atoms with Crippen molar-refractivity contribution in [3.8, 4) is 0 Å². The molecular weight excluding hydrogens is 164 g/mol. The highest BCUT2D eigenvalue weighted by molar-refractivity contribution is 4.67. The minimum Gasteiger partial charge on any atom is -0.375 e. The highest BCUT2D eigenvalue weighted by atomic mass is 16.5. The van der Waals surface area contributed by atoms with Gasteiger partial charge in [0, 0.05) is 32.7 Å². The summed E-state index contributed by atoms with van der Waals surface area (Å²) in [6.45, 7) is 12.8. The summed E-state index contributed by atoms with van der Waals surface area (Å²) in [5.41, 5.74) is 0.00797. The van der Waals surface area contributed by atoms with Crippen LogP contribution in [-0.4, -0.2) is 49.8 Å². The summed E-state index contributed by atoms with van der Waals surface area (Å²) < 4.78 is 5.67. The van der Waals surface area contributed by atoms with E-state index in [1.165, 1.54) is 0 Å². The average Bonchev–Trinajstić information content (AvgIpc) is 2.04. The van der Waals surface area contributed by atoms with Gasteiger partial charge in [-0.15, -0.1) is 0 Å². The molecule has 0 spiro atoms. The Bertz CT molecular complexity index is 136. The maximum absolute atomic E-state index is 5.67. The van der Waals surface area contributed by atoms with E-state index >= 15 is 0 Å². The molecule has 0 aliphatic carbocycles. The van der Waals surface area contributed by atoms with Gasteiger partial charge in [0.1, 0.15) is 0 Å². The molecule has 0 aromatic heterocycles. The van der Waals surface area contributed by atoms with E-state index in [1.807, 2.05) is 0 Å². The molecule has 1 heterocycles. The van der Waals surface area contributed by atoms with E-state index in [2.05, 4.69) is 31.0 Å². The molecule has 0 unspecified atom stereocenters. The monoisotopic (exact) mass is 186 g/mol. The van der Waals surface area contributed by atoms with Gasteiger partial charge in [0.25, 0.3) is 0 Å². The Morgan fingerprint density at radius 3 is 2.38 bits per heavy atom. The molecule has 78 valence electrons. The van der Waals surface area contributed by atoms with Gasteiger partial charge < -0.3 is 10.1 Å². The van der Waals surface area contributed by atoms with Crippen molar-refractivity contribution in [3.63, 3.8) is 0 Å². The van der Waals surface area contributed by atoms with E-state index in [1.54, 1.807) is 0 Å². The molecule has 1 N–H and O–H groups in total. The van der Waals surface area contributed by atoms with Crippen LogP contribution in [0.5, 0.6) is 0 Å². The second-order valence-electron chi connectivity index (χ2n) is 4.55. The van der Waals surface area contributed by atoms with Crippen LogP contribution in [0.25, 0.3) is 0 Å². The first-order valence-electron chi connectivity index (χ1n) is 5.15. The third-order valence-electron chi connectivity index (χ3n) is 2.15. The van der Waals surface area contributed by atoms with Gasteiger partial charge in [-0.05, 0) is 20.8 Å². The van der Waals surface area contributed by atoms with Crippen LogP contribution >= 0.6 is 0 Å². The number of ether oxygens (including phenoxy) is 1. The predicted molar refractivity (Wildman–Crippen MR) is 55.0 cm³/mol. The largest absolute Gasteiger partial charge is 0.375 e. The third-order valence-corrected chi connectivity index (χ3v) is 2.15. The molecule has 0 amide bonds. The summed E-state index contributed by atoms with van der Waals surface area (Å²) in [4.78, 5) is 2.45. The van der Waals surface area contributed by atoms with Crippen LogP contribution < -0.4 is 5.32 Å². The molecule has 0 radical (unpaired) electrons. The Morgan fingerprint density at radius 1 is 1.23 bits per heavy atom. The predicted octanol–water partition coefficient (Wildman–Crippen LogP) is 0.707. The summed E-state index contributed by atoms with van der Waals surface area (Å²) in [7, 11) is 0. The summed E-state index contributed by atoms with van der Waals surface area (Å²) >= 11 is 0. The summed E-state index contributed by atoms with van der Waals surface area (Å²) in [5.74, 6) is 0. The number of nitrogens with zero attached hydrogens (tertiary/aromatic N) is 1. The van der Waals surface area contributed by atoms with Crippen LogP contribution in [0, 0.1) is 0 Å². The standard InChI is InChI=1S/C10H22N2O/c1-10(2,3)13-9-8-12-6-4-11-5-7-12/h11H,4-9H2,1-3H3. The lowest BCUT2D eigenvalue weighted by atomic mass is 10.2. The van der Waals surface area contributed by atoms with Gasteiger partial charge in [0.2, 0.25) is 0 Å². The van der Waals surface area contributed by atoms with Gasteiger partial charge in [-0.3, -0.25) is 4.90 Å². The highest BCUT2D eigenvalue weighted by Gasteiger charge is 2.12. The van der Waals surface area contributed by atoms with Crippen molar-refractivity contribution in [1.29, 1.82) is 0 Å². The molecule has 13 heavy (non-hydrogen) atoms. The molecule has 1 aliphatic rings. The molecule has 0 atom stereocenters. The SMILES string of the molecule is CC(C)(C)OCCN1CCNCC1. The fourth-order valence-corrected chi connectivity index (χ4v) is 1.42. The van der Waals surface area contributed by atoms with Crippen LogP contribution in [0.2, 0.25) is 0 Å². The van der Waals surface area contributed by atoms with Gasteiger partial charge in [-0.2, -0.15) is 0 Å². The fraction of sp³-hybridized carbons (Fsp3) is 1.00. The topological polar surface area (TPSA) is 24.5 Å². The third kappa shape index (κ3) is 5.24. The van der Waals surface area contributed by atoms with Crippen molar-refractivity contribution in [2.75, 3.05) is 39.3 Å². The zero-order valence-corrected chi connectivity index (χ0v) is 9.10. The maximum atomic E-state index is 5.67. The molecule has 0 aromatic carbocycles. The molecule has 1 fully saturated rings. The first-order valence-corrected chi connectivity index (χ1v) is 5.15. The summed E-state index contributed by atoms with van der Waals surface area (Å²) in [6, 6.07) is 0. The van der Waals surface area contributed by atoms with Gasteiger partial charge in [-0.1, -0.05) is 0 Å². The van der Waals surface area contributed by atoms with E-state index in [4.69, 9.17) is 4.74 Å². The number of hydrogen-bond acceptors (Lipinski definition) is 3. The van der Waals surface area contributed by atoms with Crippen LogP contribution in [0.15, 0.2) is 0 Å². The first kappa shape index (κ1) is 11.0. The second-order valence-corrected chi connectivity index (χ2v) is 4.55. The average molecular weight is 186 g/mol. The molecule has 0 bridgehead atoms. The lowest BCUT2D eigenvalue weighted by Crippen LogP contribution is -2.45. The van der Waals surface area contributed by atoms with Crippen molar-refractivity contribution < 1.29 is 4.74 Å². The molecule has 3 heteroatoms. The zero-order chi connectivity index (χ0) is 9.73. The highest BCUT2D eigenvalue weighted by Crippen LogP contribution is 2.06. The van der Waals surface area contributed by atoms with E-state index in [0.717, 1.165) is 39.3 Å². The van der Waals surface area contributed by atoms with Gasteiger partial charge in [0.15, 0.2) is 0 Å². The van der Waals surface area contributed by atoms with Gasteiger partial charge in [0.05, 0.1) is 12.2 Å². The fourth-order valence-electron chi connectivity index (χ4n) is 1.42. The lowest BCUT2D eigenvalue weighted by molar-refractivity contribution is -0.0140. The van der Waals surface area contributed by atoms with Crippen LogP contribution in [0.3, 0.4) is 0 Å².